The van der Waals surface area contributed by atoms with Crippen molar-refractivity contribution in [2.75, 3.05) is 7.05 Å². The molecule has 14 heavy (non-hydrogen) atoms. The highest BCUT2D eigenvalue weighted by Gasteiger charge is 2.36. The molecule has 0 spiro atoms. The number of hydrogen-bond donors (Lipinski definition) is 1. The summed E-state index contributed by atoms with van der Waals surface area (Å²) in [4.78, 5) is 16.8. The van der Waals surface area contributed by atoms with Gasteiger partial charge in [-0.2, -0.15) is 0 Å². The maximum absolute atomic E-state index is 11.3. The average molecular weight is 192 g/mol. The number of aromatic nitrogens is 1. The molecule has 1 aromatic rings. The van der Waals surface area contributed by atoms with Gasteiger partial charge in [-0.15, -0.1) is 0 Å². The van der Waals surface area contributed by atoms with Crippen LogP contribution in [0.3, 0.4) is 0 Å². The Kier molecular flexibility index (Phi) is 2.21. The maximum atomic E-state index is 11.3. The Hall–Kier alpha value is -1.42. The zero-order valence-electron chi connectivity index (χ0n) is 7.92. The number of carbonyl (C=O) groups is 1. The first-order valence-corrected chi connectivity index (χ1v) is 4.55. The SMILES string of the molecule is CN1C(=O)C(O)CC1c1ccncc1. The second-order valence-electron chi connectivity index (χ2n) is 3.50. The number of aliphatic hydroxyl groups is 1. The van der Waals surface area contributed by atoms with E-state index in [9.17, 15) is 9.90 Å². The van der Waals surface area contributed by atoms with Crippen molar-refractivity contribution in [3.8, 4) is 0 Å². The fourth-order valence-electron chi connectivity index (χ4n) is 1.80. The molecule has 0 saturated carbocycles. The third kappa shape index (κ3) is 1.37. The van der Waals surface area contributed by atoms with Crippen LogP contribution in [0.2, 0.25) is 0 Å². The minimum atomic E-state index is -0.849. The van der Waals surface area contributed by atoms with Gasteiger partial charge in [0.15, 0.2) is 0 Å². The molecule has 0 aromatic carbocycles. The number of carbonyl (C=O) groups excluding carboxylic acids is 1. The van der Waals surface area contributed by atoms with E-state index in [0.29, 0.717) is 6.42 Å². The lowest BCUT2D eigenvalue weighted by Crippen LogP contribution is -2.26. The van der Waals surface area contributed by atoms with Gasteiger partial charge < -0.3 is 10.0 Å². The Balaban J connectivity index is 2.26. The smallest absolute Gasteiger partial charge is 0.251 e. The van der Waals surface area contributed by atoms with Crippen LogP contribution in [0.5, 0.6) is 0 Å². The van der Waals surface area contributed by atoms with Gasteiger partial charge in [-0.3, -0.25) is 9.78 Å². The molecule has 1 saturated heterocycles. The molecule has 1 aromatic heterocycles. The van der Waals surface area contributed by atoms with Crippen molar-refractivity contribution in [3.63, 3.8) is 0 Å². The minimum absolute atomic E-state index is 0.0134. The Labute approximate surface area is 82.2 Å². The number of nitrogens with zero attached hydrogens (tertiary/aromatic N) is 2. The van der Waals surface area contributed by atoms with Crippen molar-refractivity contribution < 1.29 is 9.90 Å². The molecule has 2 rings (SSSR count). The van der Waals surface area contributed by atoms with Gasteiger partial charge in [-0.25, -0.2) is 0 Å². The second-order valence-corrected chi connectivity index (χ2v) is 3.50. The first-order chi connectivity index (χ1) is 6.70. The molecule has 0 bridgehead atoms. The van der Waals surface area contributed by atoms with Crippen molar-refractivity contribution in [1.82, 2.24) is 9.88 Å². The number of aliphatic hydroxyl groups excluding tert-OH is 1. The van der Waals surface area contributed by atoms with E-state index in [0.717, 1.165) is 5.56 Å². The lowest BCUT2D eigenvalue weighted by atomic mass is 10.1. The fraction of sp³-hybridized carbons (Fsp3) is 0.400. The summed E-state index contributed by atoms with van der Waals surface area (Å²) < 4.78 is 0. The van der Waals surface area contributed by atoms with Crippen LogP contribution in [0.4, 0.5) is 0 Å². The third-order valence-electron chi connectivity index (χ3n) is 2.64. The fourth-order valence-corrected chi connectivity index (χ4v) is 1.80. The van der Waals surface area contributed by atoms with E-state index in [1.165, 1.54) is 0 Å². The molecular formula is C10H12N2O2. The van der Waals surface area contributed by atoms with E-state index in [4.69, 9.17) is 0 Å². The van der Waals surface area contributed by atoms with Gasteiger partial charge in [0, 0.05) is 25.9 Å². The summed E-state index contributed by atoms with van der Waals surface area (Å²) >= 11 is 0. The predicted octanol–water partition coefficient (Wildman–Crippen LogP) is 0.346. The molecule has 1 aliphatic heterocycles. The predicted molar refractivity (Wildman–Crippen MR) is 50.4 cm³/mol. The highest BCUT2D eigenvalue weighted by atomic mass is 16.3. The number of hydrogen-bond acceptors (Lipinski definition) is 3. The monoisotopic (exact) mass is 192 g/mol. The van der Waals surface area contributed by atoms with Crippen LogP contribution >= 0.6 is 0 Å². The van der Waals surface area contributed by atoms with Gasteiger partial charge >= 0.3 is 0 Å². The van der Waals surface area contributed by atoms with Crippen molar-refractivity contribution in [2.45, 2.75) is 18.6 Å². The summed E-state index contributed by atoms with van der Waals surface area (Å²) in [7, 11) is 1.71. The van der Waals surface area contributed by atoms with Crippen molar-refractivity contribution in [2.24, 2.45) is 0 Å². The van der Waals surface area contributed by atoms with E-state index in [2.05, 4.69) is 4.98 Å². The average Bonchev–Trinajstić information content (AvgIpc) is 2.47. The summed E-state index contributed by atoms with van der Waals surface area (Å²) in [6.07, 6.45) is 3.01. The normalized spacial score (nSPS) is 27.0. The lowest BCUT2D eigenvalue weighted by Gasteiger charge is -2.19. The van der Waals surface area contributed by atoms with E-state index in [-0.39, 0.29) is 11.9 Å². The summed E-state index contributed by atoms with van der Waals surface area (Å²) in [6, 6.07) is 3.72. The van der Waals surface area contributed by atoms with Gasteiger partial charge in [0.25, 0.3) is 5.91 Å². The molecule has 2 heterocycles. The summed E-state index contributed by atoms with van der Waals surface area (Å²) in [5.41, 5.74) is 1.02. The maximum Gasteiger partial charge on any atom is 0.251 e. The van der Waals surface area contributed by atoms with E-state index >= 15 is 0 Å². The highest BCUT2D eigenvalue weighted by Crippen LogP contribution is 2.30. The van der Waals surface area contributed by atoms with Crippen LogP contribution in [0, 0.1) is 0 Å². The number of likely N-dealkylation sites (tertiary alicyclic amines) is 1. The molecule has 2 atom stereocenters. The van der Waals surface area contributed by atoms with Crippen LogP contribution in [0.25, 0.3) is 0 Å². The third-order valence-corrected chi connectivity index (χ3v) is 2.64. The van der Waals surface area contributed by atoms with Gasteiger partial charge in [0.2, 0.25) is 0 Å². The quantitative estimate of drug-likeness (QED) is 0.698. The topological polar surface area (TPSA) is 53.4 Å². The first kappa shape index (κ1) is 9.15. The van der Waals surface area contributed by atoms with Crippen LogP contribution in [0.15, 0.2) is 24.5 Å². The highest BCUT2D eigenvalue weighted by molar-refractivity contribution is 5.83. The van der Waals surface area contributed by atoms with Crippen molar-refractivity contribution in [3.05, 3.63) is 30.1 Å². The summed E-state index contributed by atoms with van der Waals surface area (Å²) in [6.45, 7) is 0. The van der Waals surface area contributed by atoms with E-state index in [1.54, 1.807) is 24.3 Å². The molecule has 1 aliphatic rings. The Morgan fingerprint density at radius 1 is 1.50 bits per heavy atom. The van der Waals surface area contributed by atoms with Crippen LogP contribution in [0.1, 0.15) is 18.0 Å². The van der Waals surface area contributed by atoms with Crippen LogP contribution < -0.4 is 0 Å². The van der Waals surface area contributed by atoms with Gasteiger partial charge in [-0.1, -0.05) is 0 Å². The molecule has 4 nitrogen and oxygen atoms in total. The zero-order chi connectivity index (χ0) is 10.1. The Morgan fingerprint density at radius 3 is 2.64 bits per heavy atom. The first-order valence-electron chi connectivity index (χ1n) is 4.55. The molecule has 1 fully saturated rings. The number of rotatable bonds is 1. The Morgan fingerprint density at radius 2 is 2.14 bits per heavy atom. The molecule has 0 aliphatic carbocycles. The van der Waals surface area contributed by atoms with E-state index in [1.807, 2.05) is 12.1 Å². The number of amides is 1. The molecule has 2 unspecified atom stereocenters. The van der Waals surface area contributed by atoms with Crippen molar-refractivity contribution >= 4 is 5.91 Å². The summed E-state index contributed by atoms with van der Waals surface area (Å²) in [5.74, 6) is -0.202. The van der Waals surface area contributed by atoms with Gasteiger partial charge in [0.05, 0.1) is 6.04 Å². The standard InChI is InChI=1S/C10H12N2O2/c1-12-8(6-9(13)10(12)14)7-2-4-11-5-3-7/h2-5,8-9,13H,6H2,1H3. The molecule has 4 heteroatoms. The van der Waals surface area contributed by atoms with E-state index < -0.39 is 6.10 Å². The Bertz CT molecular complexity index is 339. The number of likely N-dealkylation sites (N-methyl/N-ethyl adjacent to an activating group) is 1. The zero-order valence-corrected chi connectivity index (χ0v) is 7.92. The molecule has 0 radical (unpaired) electrons. The van der Waals surface area contributed by atoms with Gasteiger partial charge in [0.1, 0.15) is 6.10 Å². The largest absolute Gasteiger partial charge is 0.383 e. The molecule has 1 N–H and O–H groups in total. The van der Waals surface area contributed by atoms with Crippen LogP contribution in [-0.4, -0.2) is 34.0 Å². The lowest BCUT2D eigenvalue weighted by molar-refractivity contribution is -0.134. The van der Waals surface area contributed by atoms with Gasteiger partial charge in [-0.05, 0) is 17.7 Å². The number of pyridine rings is 1. The molecule has 1 amide bonds. The molecule has 74 valence electrons. The second kappa shape index (κ2) is 3.38. The van der Waals surface area contributed by atoms with Crippen molar-refractivity contribution in [1.29, 1.82) is 0 Å². The molecular weight excluding hydrogens is 180 g/mol. The minimum Gasteiger partial charge on any atom is -0.383 e. The van der Waals surface area contributed by atoms with Crippen LogP contribution in [-0.2, 0) is 4.79 Å². The summed E-state index contributed by atoms with van der Waals surface area (Å²) in [5, 5.41) is 9.39.